The van der Waals surface area contributed by atoms with Crippen molar-refractivity contribution >= 4 is 5.97 Å². The first-order chi connectivity index (χ1) is 4.72. The number of rotatable bonds is 4. The maximum atomic E-state index is 10.6. The van der Waals surface area contributed by atoms with Crippen LogP contribution in [-0.2, 0) is 9.53 Å². The predicted octanol–water partition coefficient (Wildman–Crippen LogP) is 0.486. The minimum atomic E-state index is -1.04. The molecule has 0 radical (unpaired) electrons. The van der Waals surface area contributed by atoms with Crippen molar-refractivity contribution in [1.29, 1.82) is 0 Å². The first kappa shape index (κ1) is 9.17. The molecule has 0 fully saturated rings. The highest BCUT2D eigenvalue weighted by Gasteiger charge is 2.12. The third-order valence-electron chi connectivity index (χ3n) is 0.949. The van der Waals surface area contributed by atoms with Crippen molar-refractivity contribution in [2.45, 2.75) is 19.4 Å². The van der Waals surface area contributed by atoms with Crippen molar-refractivity contribution in [1.82, 2.24) is 0 Å². The van der Waals surface area contributed by atoms with Crippen LogP contribution in [-0.4, -0.2) is 23.8 Å². The SMILES string of the molecule is C=CC[C@H](O)C(=O)OCC. The van der Waals surface area contributed by atoms with Gasteiger partial charge in [0, 0.05) is 6.42 Å². The minimum absolute atomic E-state index is 0.249. The van der Waals surface area contributed by atoms with Gasteiger partial charge in [0.2, 0.25) is 0 Å². The van der Waals surface area contributed by atoms with E-state index in [1.54, 1.807) is 6.92 Å². The largest absolute Gasteiger partial charge is 0.464 e. The van der Waals surface area contributed by atoms with Gasteiger partial charge in [-0.15, -0.1) is 6.58 Å². The number of hydrogen-bond donors (Lipinski definition) is 1. The smallest absolute Gasteiger partial charge is 0.335 e. The predicted molar refractivity (Wildman–Crippen MR) is 37.5 cm³/mol. The molecule has 0 spiro atoms. The molecule has 0 aliphatic heterocycles. The van der Waals surface area contributed by atoms with Crippen LogP contribution < -0.4 is 0 Å². The van der Waals surface area contributed by atoms with Gasteiger partial charge in [0.1, 0.15) is 0 Å². The van der Waals surface area contributed by atoms with Gasteiger partial charge >= 0.3 is 5.97 Å². The normalized spacial score (nSPS) is 12.2. The van der Waals surface area contributed by atoms with E-state index < -0.39 is 12.1 Å². The molecule has 0 aliphatic rings. The average Bonchev–Trinajstić information content (AvgIpc) is 1.89. The number of carbonyl (C=O) groups is 1. The topological polar surface area (TPSA) is 46.5 Å². The van der Waals surface area contributed by atoms with Crippen LogP contribution in [0.5, 0.6) is 0 Å². The molecule has 0 aromatic heterocycles. The molecule has 0 aromatic carbocycles. The van der Waals surface area contributed by atoms with Gasteiger partial charge in [0.05, 0.1) is 6.61 Å². The van der Waals surface area contributed by atoms with Gasteiger partial charge in [-0.25, -0.2) is 4.79 Å². The fraction of sp³-hybridized carbons (Fsp3) is 0.571. The van der Waals surface area contributed by atoms with Crippen LogP contribution in [0.15, 0.2) is 12.7 Å². The third-order valence-corrected chi connectivity index (χ3v) is 0.949. The summed E-state index contributed by atoms with van der Waals surface area (Å²) < 4.78 is 4.52. The lowest BCUT2D eigenvalue weighted by Crippen LogP contribution is -2.21. The summed E-state index contributed by atoms with van der Waals surface area (Å²) in [7, 11) is 0. The van der Waals surface area contributed by atoms with Gasteiger partial charge in [0.25, 0.3) is 0 Å². The molecular formula is C7H12O3. The summed E-state index contributed by atoms with van der Waals surface area (Å²) in [4.78, 5) is 10.6. The zero-order chi connectivity index (χ0) is 7.98. The van der Waals surface area contributed by atoms with Gasteiger partial charge < -0.3 is 9.84 Å². The minimum Gasteiger partial charge on any atom is -0.464 e. The second-order valence-electron chi connectivity index (χ2n) is 1.79. The Labute approximate surface area is 60.3 Å². The third kappa shape index (κ3) is 3.25. The number of aliphatic hydroxyl groups is 1. The Morgan fingerprint density at radius 1 is 1.90 bits per heavy atom. The van der Waals surface area contributed by atoms with Gasteiger partial charge in [-0.05, 0) is 6.92 Å². The average molecular weight is 144 g/mol. The lowest BCUT2D eigenvalue weighted by atomic mass is 10.2. The van der Waals surface area contributed by atoms with Gasteiger partial charge in [0.15, 0.2) is 6.10 Å². The summed E-state index contributed by atoms with van der Waals surface area (Å²) in [5, 5.41) is 8.90. The van der Waals surface area contributed by atoms with E-state index in [0.717, 1.165) is 0 Å². The van der Waals surface area contributed by atoms with Crippen LogP contribution in [0.2, 0.25) is 0 Å². The molecule has 0 saturated heterocycles. The number of esters is 1. The first-order valence-electron chi connectivity index (χ1n) is 3.18. The maximum absolute atomic E-state index is 10.6. The van der Waals surface area contributed by atoms with Gasteiger partial charge in [-0.1, -0.05) is 6.08 Å². The van der Waals surface area contributed by atoms with E-state index in [-0.39, 0.29) is 6.42 Å². The second kappa shape index (κ2) is 4.99. The van der Waals surface area contributed by atoms with Crippen molar-refractivity contribution in [2.75, 3.05) is 6.61 Å². The van der Waals surface area contributed by atoms with Crippen molar-refractivity contribution in [3.05, 3.63) is 12.7 Å². The van der Waals surface area contributed by atoms with E-state index in [4.69, 9.17) is 5.11 Å². The molecule has 0 unspecified atom stereocenters. The van der Waals surface area contributed by atoms with Crippen molar-refractivity contribution in [2.24, 2.45) is 0 Å². The van der Waals surface area contributed by atoms with Gasteiger partial charge in [-0.3, -0.25) is 0 Å². The molecule has 10 heavy (non-hydrogen) atoms. The van der Waals surface area contributed by atoms with Crippen LogP contribution in [0.25, 0.3) is 0 Å². The first-order valence-corrected chi connectivity index (χ1v) is 3.18. The van der Waals surface area contributed by atoms with E-state index in [2.05, 4.69) is 11.3 Å². The van der Waals surface area contributed by atoms with E-state index >= 15 is 0 Å². The number of ether oxygens (including phenoxy) is 1. The summed E-state index contributed by atoms with van der Waals surface area (Å²) in [5.41, 5.74) is 0. The quantitative estimate of drug-likeness (QED) is 0.461. The molecule has 0 heterocycles. The maximum Gasteiger partial charge on any atom is 0.335 e. The lowest BCUT2D eigenvalue weighted by Gasteiger charge is -2.05. The van der Waals surface area contributed by atoms with Crippen LogP contribution in [0.4, 0.5) is 0 Å². The molecule has 0 aromatic rings. The fourth-order valence-electron chi connectivity index (χ4n) is 0.493. The zero-order valence-corrected chi connectivity index (χ0v) is 6.04. The molecule has 58 valence electrons. The van der Waals surface area contributed by atoms with Crippen molar-refractivity contribution < 1.29 is 14.6 Å². The Morgan fingerprint density at radius 3 is 2.90 bits per heavy atom. The Morgan fingerprint density at radius 2 is 2.50 bits per heavy atom. The summed E-state index contributed by atoms with van der Waals surface area (Å²) in [5.74, 6) is -0.581. The van der Waals surface area contributed by atoms with E-state index in [9.17, 15) is 4.79 Å². The van der Waals surface area contributed by atoms with Crippen LogP contribution in [0.3, 0.4) is 0 Å². The summed E-state index contributed by atoms with van der Waals surface area (Å²) in [6.45, 7) is 5.37. The second-order valence-corrected chi connectivity index (χ2v) is 1.79. The highest BCUT2D eigenvalue weighted by Crippen LogP contribution is 1.94. The lowest BCUT2D eigenvalue weighted by molar-refractivity contribution is -0.152. The highest BCUT2D eigenvalue weighted by atomic mass is 16.5. The molecule has 3 heteroatoms. The monoisotopic (exact) mass is 144 g/mol. The number of carbonyl (C=O) groups excluding carboxylic acids is 1. The molecule has 0 amide bonds. The van der Waals surface area contributed by atoms with Crippen molar-refractivity contribution in [3.63, 3.8) is 0 Å². The van der Waals surface area contributed by atoms with Crippen LogP contribution >= 0.6 is 0 Å². The summed E-state index contributed by atoms with van der Waals surface area (Å²) >= 11 is 0. The summed E-state index contributed by atoms with van der Waals surface area (Å²) in [6.07, 6.45) is 0.679. The molecule has 0 rings (SSSR count). The Hall–Kier alpha value is -0.830. The Balaban J connectivity index is 3.58. The van der Waals surface area contributed by atoms with E-state index in [1.807, 2.05) is 0 Å². The fourth-order valence-corrected chi connectivity index (χ4v) is 0.493. The molecule has 0 aliphatic carbocycles. The molecule has 1 atom stereocenters. The molecule has 3 nitrogen and oxygen atoms in total. The molecule has 0 saturated carbocycles. The number of aliphatic hydroxyl groups excluding tert-OH is 1. The molecule has 0 bridgehead atoms. The summed E-state index contributed by atoms with van der Waals surface area (Å²) in [6, 6.07) is 0. The molecule has 1 N–H and O–H groups in total. The number of hydrogen-bond acceptors (Lipinski definition) is 3. The van der Waals surface area contributed by atoms with E-state index in [0.29, 0.717) is 6.61 Å². The zero-order valence-electron chi connectivity index (χ0n) is 6.04. The van der Waals surface area contributed by atoms with E-state index in [1.165, 1.54) is 6.08 Å². The Kier molecular flexibility index (Phi) is 4.58. The molecular weight excluding hydrogens is 132 g/mol. The highest BCUT2D eigenvalue weighted by molar-refractivity contribution is 5.74. The standard InChI is InChI=1S/C7H12O3/c1-3-5-6(8)7(9)10-4-2/h3,6,8H,1,4-5H2,2H3/t6-/m0/s1. The van der Waals surface area contributed by atoms with Gasteiger partial charge in [-0.2, -0.15) is 0 Å². The Bertz CT molecular complexity index is 120. The van der Waals surface area contributed by atoms with Crippen LogP contribution in [0, 0.1) is 0 Å². The van der Waals surface area contributed by atoms with Crippen molar-refractivity contribution in [3.8, 4) is 0 Å². The van der Waals surface area contributed by atoms with Crippen LogP contribution in [0.1, 0.15) is 13.3 Å².